The van der Waals surface area contributed by atoms with Crippen molar-refractivity contribution in [2.45, 2.75) is 101 Å². The first-order valence-electron chi connectivity index (χ1n) is 15.0. The molecule has 0 spiro atoms. The van der Waals surface area contributed by atoms with Crippen LogP contribution in [0.2, 0.25) is 0 Å². The van der Waals surface area contributed by atoms with E-state index in [1.807, 2.05) is 4.90 Å². The Bertz CT molecular complexity index is 1310. The fourth-order valence-corrected chi connectivity index (χ4v) is 8.40. The van der Waals surface area contributed by atoms with Gasteiger partial charge in [-0.05, 0) is 119 Å². The molecule has 1 aromatic carbocycles. The molecule has 6 fully saturated rings. The summed E-state index contributed by atoms with van der Waals surface area (Å²) in [5.41, 5.74) is 0.503. The molecule has 6 nitrogen and oxygen atoms in total. The van der Waals surface area contributed by atoms with Crippen LogP contribution < -0.4 is 10.2 Å². The molecule has 7 aliphatic rings. The Labute approximate surface area is 235 Å². The average Bonchev–Trinajstić information content (AvgIpc) is 3.44. The Morgan fingerprint density at radius 1 is 1.10 bits per heavy atom. The first-order valence-corrected chi connectivity index (χ1v) is 15.0. The normalized spacial score (nSPS) is 34.5. The third kappa shape index (κ3) is 4.41. The van der Waals surface area contributed by atoms with Gasteiger partial charge in [-0.25, -0.2) is 8.78 Å². The molecular formula is C32H40F2N4O2. The molecule has 4 bridgehead atoms. The van der Waals surface area contributed by atoms with Crippen LogP contribution in [0.5, 0.6) is 0 Å². The van der Waals surface area contributed by atoms with Crippen LogP contribution in [0.4, 0.5) is 14.5 Å². The first kappa shape index (κ1) is 26.3. The Morgan fingerprint density at radius 3 is 2.42 bits per heavy atom. The summed E-state index contributed by atoms with van der Waals surface area (Å²) in [6.07, 6.45) is 10.9. The van der Waals surface area contributed by atoms with Gasteiger partial charge >= 0.3 is 0 Å². The van der Waals surface area contributed by atoms with Crippen molar-refractivity contribution in [1.29, 1.82) is 0 Å². The largest absolute Gasteiger partial charge is 0.336 e. The molecule has 6 saturated carbocycles. The lowest BCUT2D eigenvalue weighted by atomic mass is 9.41. The van der Waals surface area contributed by atoms with Crippen molar-refractivity contribution in [1.82, 2.24) is 15.5 Å². The van der Waals surface area contributed by atoms with Crippen LogP contribution in [0.3, 0.4) is 0 Å². The lowest BCUT2D eigenvalue weighted by molar-refractivity contribution is -0.215. The molecule has 0 saturated heterocycles. The van der Waals surface area contributed by atoms with Gasteiger partial charge in [-0.15, -0.1) is 0 Å². The summed E-state index contributed by atoms with van der Waals surface area (Å²) in [5.74, 6) is 0.813. The van der Waals surface area contributed by atoms with E-state index in [0.717, 1.165) is 63.7 Å². The van der Waals surface area contributed by atoms with Crippen LogP contribution in [0.1, 0.15) is 102 Å². The highest BCUT2D eigenvalue weighted by molar-refractivity contribution is 5.94. The quantitative estimate of drug-likeness (QED) is 0.403. The lowest BCUT2D eigenvalue weighted by Crippen LogP contribution is -2.65. The van der Waals surface area contributed by atoms with E-state index in [9.17, 15) is 13.6 Å². The second kappa shape index (κ2) is 8.94. The molecule has 1 N–H and O–H groups in total. The van der Waals surface area contributed by atoms with Gasteiger partial charge in [0.15, 0.2) is 11.5 Å². The maximum Gasteiger partial charge on any atom is 0.263 e. The summed E-state index contributed by atoms with van der Waals surface area (Å²) < 4.78 is 34.1. The van der Waals surface area contributed by atoms with Gasteiger partial charge in [-0.1, -0.05) is 23.4 Å². The average molecular weight is 551 g/mol. The van der Waals surface area contributed by atoms with Crippen LogP contribution in [-0.2, 0) is 15.9 Å². The Morgan fingerprint density at radius 2 is 1.82 bits per heavy atom. The van der Waals surface area contributed by atoms with Gasteiger partial charge in [0, 0.05) is 30.6 Å². The van der Waals surface area contributed by atoms with Gasteiger partial charge in [0.25, 0.3) is 5.89 Å². The van der Waals surface area contributed by atoms with Crippen LogP contribution in [0.25, 0.3) is 5.57 Å². The molecule has 6 aliphatic carbocycles. The van der Waals surface area contributed by atoms with E-state index in [1.54, 1.807) is 0 Å². The number of carbonyl (C=O) groups excluding carboxylic acids is 1. The Kier molecular flexibility index (Phi) is 5.88. The summed E-state index contributed by atoms with van der Waals surface area (Å²) >= 11 is 0. The van der Waals surface area contributed by atoms with Gasteiger partial charge in [-0.3, -0.25) is 4.79 Å². The van der Waals surface area contributed by atoms with Crippen molar-refractivity contribution < 1.29 is 18.1 Å². The first-order chi connectivity index (χ1) is 19.0. The number of nitrogens with one attached hydrogen (secondary N) is 1. The summed E-state index contributed by atoms with van der Waals surface area (Å²) in [6, 6.07) is 8.45. The molecule has 1 amide bonds. The molecule has 0 radical (unpaired) electrons. The van der Waals surface area contributed by atoms with Gasteiger partial charge in [0.05, 0.1) is 0 Å². The van der Waals surface area contributed by atoms with Crippen molar-refractivity contribution in [3.63, 3.8) is 0 Å². The molecule has 8 heteroatoms. The third-order valence-electron chi connectivity index (χ3n) is 10.8. The van der Waals surface area contributed by atoms with E-state index < -0.39 is 11.3 Å². The molecule has 2 aromatic rings. The van der Waals surface area contributed by atoms with Crippen molar-refractivity contribution >= 4 is 17.2 Å². The Balaban J connectivity index is 1.13. The predicted octanol–water partition coefficient (Wildman–Crippen LogP) is 6.56. The number of alkyl halides is 2. The van der Waals surface area contributed by atoms with Crippen LogP contribution in [-0.4, -0.2) is 41.4 Å². The number of aromatic nitrogens is 2. The SMILES string of the molecule is CC(C)(F)c1nc(C23CCC(CN(C(=O)CC45CC(F)(C4)C5)c4cccc(C5=CCNCC5)c4)(CC2)CC3)no1. The van der Waals surface area contributed by atoms with E-state index in [0.29, 0.717) is 38.1 Å². The van der Waals surface area contributed by atoms with Crippen LogP contribution >= 0.6 is 0 Å². The molecule has 9 rings (SSSR count). The number of carbonyl (C=O) groups is 1. The number of halogens is 2. The van der Waals surface area contributed by atoms with Gasteiger partial charge < -0.3 is 14.7 Å². The Hall–Kier alpha value is -2.61. The van der Waals surface area contributed by atoms with Crippen molar-refractivity contribution in [2.75, 3.05) is 24.5 Å². The van der Waals surface area contributed by atoms with Crippen molar-refractivity contribution in [3.8, 4) is 0 Å². The standard InChI is InChI=1S/C32H40F2N4O2/c1-28(2,33)27-36-26(37-40-27)31-11-8-29(9-12-31,10-13-31)21-38(25(39)17-30-18-32(34,19-30)20-30)24-5-3-4-23(16-24)22-6-14-35-15-7-22/h3-6,16,35H,7-15,17-21H2,1-2H3. The fraction of sp³-hybridized carbons (Fsp3) is 0.656. The second-order valence-electron chi connectivity index (χ2n) is 14.2. The second-order valence-corrected chi connectivity index (χ2v) is 14.2. The predicted molar refractivity (Wildman–Crippen MR) is 149 cm³/mol. The molecule has 40 heavy (non-hydrogen) atoms. The molecule has 1 aromatic heterocycles. The number of hydrogen-bond donors (Lipinski definition) is 1. The molecular weight excluding hydrogens is 510 g/mol. The number of nitrogens with zero attached hydrogens (tertiary/aromatic N) is 3. The minimum atomic E-state index is -1.66. The van der Waals surface area contributed by atoms with Crippen LogP contribution in [0.15, 0.2) is 34.9 Å². The topological polar surface area (TPSA) is 71.3 Å². The van der Waals surface area contributed by atoms with E-state index in [1.165, 1.54) is 25.0 Å². The highest BCUT2D eigenvalue weighted by Crippen LogP contribution is 2.71. The molecule has 2 heterocycles. The fourth-order valence-electron chi connectivity index (χ4n) is 8.40. The van der Waals surface area contributed by atoms with Crippen molar-refractivity contribution in [2.24, 2.45) is 10.8 Å². The molecule has 1 aliphatic heterocycles. The molecule has 0 atom stereocenters. The number of anilines is 1. The zero-order valence-corrected chi connectivity index (χ0v) is 23.7. The monoisotopic (exact) mass is 550 g/mol. The smallest absolute Gasteiger partial charge is 0.263 e. The van der Waals surface area contributed by atoms with Crippen LogP contribution in [0, 0.1) is 10.8 Å². The highest BCUT2D eigenvalue weighted by Gasteiger charge is 2.69. The summed E-state index contributed by atoms with van der Waals surface area (Å²) in [6.45, 7) is 5.39. The summed E-state index contributed by atoms with van der Waals surface area (Å²) in [5, 5.41) is 7.60. The van der Waals surface area contributed by atoms with Gasteiger partial charge in [0.2, 0.25) is 5.91 Å². The van der Waals surface area contributed by atoms with E-state index in [4.69, 9.17) is 4.52 Å². The number of hydrogen-bond acceptors (Lipinski definition) is 5. The number of fused-ring (bicyclic) bond motifs is 3. The lowest BCUT2D eigenvalue weighted by Gasteiger charge is -2.66. The third-order valence-corrected chi connectivity index (χ3v) is 10.8. The number of amides is 1. The minimum Gasteiger partial charge on any atom is -0.336 e. The van der Waals surface area contributed by atoms with E-state index in [-0.39, 0.29) is 28.0 Å². The number of rotatable bonds is 8. The maximum absolute atomic E-state index is 14.4. The molecule has 0 unspecified atom stereocenters. The van der Waals surface area contributed by atoms with E-state index in [2.05, 4.69) is 45.8 Å². The summed E-state index contributed by atoms with van der Waals surface area (Å²) in [4.78, 5) is 20.5. The maximum atomic E-state index is 14.4. The molecule has 214 valence electrons. The number of benzene rings is 1. The van der Waals surface area contributed by atoms with Gasteiger partial charge in [-0.2, -0.15) is 4.98 Å². The summed E-state index contributed by atoms with van der Waals surface area (Å²) in [7, 11) is 0. The minimum absolute atomic E-state index is 0.0219. The highest BCUT2D eigenvalue weighted by atomic mass is 19.1. The van der Waals surface area contributed by atoms with Crippen molar-refractivity contribution in [3.05, 3.63) is 47.6 Å². The zero-order valence-electron chi connectivity index (χ0n) is 23.7. The van der Waals surface area contributed by atoms with E-state index >= 15 is 0 Å². The van der Waals surface area contributed by atoms with Gasteiger partial charge in [0.1, 0.15) is 5.67 Å². The zero-order chi connectivity index (χ0) is 27.8.